The van der Waals surface area contributed by atoms with Crippen LogP contribution in [0.4, 0.5) is 0 Å². The molecule has 1 aliphatic heterocycles. The van der Waals surface area contributed by atoms with E-state index in [0.29, 0.717) is 35.0 Å². The Kier molecular flexibility index (Phi) is 5.66. The van der Waals surface area contributed by atoms with Crippen LogP contribution in [-0.4, -0.2) is 63.4 Å². The van der Waals surface area contributed by atoms with E-state index in [4.69, 9.17) is 11.6 Å². The van der Waals surface area contributed by atoms with Crippen LogP contribution < -0.4 is 0 Å². The van der Waals surface area contributed by atoms with E-state index in [1.54, 1.807) is 0 Å². The van der Waals surface area contributed by atoms with Crippen molar-refractivity contribution >= 4 is 54.9 Å². The monoisotopic (exact) mass is 416 g/mol. The molecule has 0 bridgehead atoms. The average Bonchev–Trinajstić information content (AvgIpc) is 2.80. The van der Waals surface area contributed by atoms with Gasteiger partial charge in [0.2, 0.25) is 0 Å². The van der Waals surface area contributed by atoms with Crippen LogP contribution in [-0.2, 0) is 19.6 Å². The highest BCUT2D eigenvalue weighted by molar-refractivity contribution is 9.11. The number of hydrogen-bond acceptors (Lipinski definition) is 6. The minimum Gasteiger partial charge on any atom is -0.468 e. The normalized spacial score (nSPS) is 17.9. The van der Waals surface area contributed by atoms with Crippen molar-refractivity contribution in [2.24, 2.45) is 0 Å². The van der Waals surface area contributed by atoms with E-state index >= 15 is 0 Å². The minimum absolute atomic E-state index is 0.181. The minimum atomic E-state index is -3.53. The second kappa shape index (κ2) is 6.93. The first-order chi connectivity index (χ1) is 9.84. The number of rotatable bonds is 4. The maximum Gasteiger partial charge on any atom is 0.319 e. The number of nitrogens with zero attached hydrogens (tertiary/aromatic N) is 2. The fourth-order valence-electron chi connectivity index (χ4n) is 1.96. The Bertz CT molecular complexity index is 607. The second-order valence-corrected chi connectivity index (χ2v) is 9.39. The van der Waals surface area contributed by atoms with Gasteiger partial charge in [-0.25, -0.2) is 8.42 Å². The van der Waals surface area contributed by atoms with Gasteiger partial charge in [-0.1, -0.05) is 11.6 Å². The van der Waals surface area contributed by atoms with Crippen molar-refractivity contribution in [1.82, 2.24) is 9.21 Å². The third-order valence-corrected chi connectivity index (χ3v) is 7.95. The molecular weight excluding hydrogens is 404 g/mol. The van der Waals surface area contributed by atoms with E-state index in [1.165, 1.54) is 17.5 Å². The van der Waals surface area contributed by atoms with Crippen LogP contribution >= 0.6 is 38.9 Å². The van der Waals surface area contributed by atoms with Crippen molar-refractivity contribution < 1.29 is 17.9 Å². The van der Waals surface area contributed by atoms with Gasteiger partial charge in [0.05, 0.1) is 22.5 Å². The summed E-state index contributed by atoms with van der Waals surface area (Å²) in [6.45, 7) is 1.85. The number of piperazine rings is 1. The van der Waals surface area contributed by atoms with Gasteiger partial charge < -0.3 is 4.74 Å². The maximum absolute atomic E-state index is 12.5. The van der Waals surface area contributed by atoms with Gasteiger partial charge in [0, 0.05) is 26.2 Å². The van der Waals surface area contributed by atoms with Crippen LogP contribution in [0.25, 0.3) is 0 Å². The van der Waals surface area contributed by atoms with E-state index in [9.17, 15) is 13.2 Å². The van der Waals surface area contributed by atoms with E-state index in [0.717, 1.165) is 11.3 Å². The SMILES string of the molecule is COC(=O)CN1CCN(S(=O)(=O)c2cc(Cl)c(Br)s2)CC1. The molecule has 0 spiro atoms. The quantitative estimate of drug-likeness (QED) is 0.697. The zero-order valence-corrected chi connectivity index (χ0v) is 15.2. The molecule has 1 saturated heterocycles. The fraction of sp³-hybridized carbons (Fsp3) is 0.545. The summed E-state index contributed by atoms with van der Waals surface area (Å²) in [5.41, 5.74) is 0. The van der Waals surface area contributed by atoms with Crippen molar-refractivity contribution in [1.29, 1.82) is 0 Å². The van der Waals surface area contributed by atoms with Crippen LogP contribution in [0.1, 0.15) is 0 Å². The van der Waals surface area contributed by atoms with Crippen molar-refractivity contribution in [2.75, 3.05) is 39.8 Å². The van der Waals surface area contributed by atoms with Gasteiger partial charge in [-0.2, -0.15) is 4.31 Å². The summed E-state index contributed by atoms with van der Waals surface area (Å²) >= 11 is 10.2. The Balaban J connectivity index is 2.02. The predicted molar refractivity (Wildman–Crippen MR) is 84.2 cm³/mol. The Hall–Kier alpha value is -0.190. The first-order valence-corrected chi connectivity index (χ1v) is 9.51. The summed E-state index contributed by atoms with van der Waals surface area (Å²) in [6.07, 6.45) is 0. The van der Waals surface area contributed by atoms with Gasteiger partial charge in [-0.15, -0.1) is 11.3 Å². The van der Waals surface area contributed by atoms with E-state index in [1.807, 2.05) is 4.90 Å². The zero-order valence-electron chi connectivity index (χ0n) is 11.2. The lowest BCUT2D eigenvalue weighted by Gasteiger charge is -2.32. The molecule has 0 radical (unpaired) electrons. The van der Waals surface area contributed by atoms with Crippen LogP contribution in [0.15, 0.2) is 14.1 Å². The molecule has 118 valence electrons. The van der Waals surface area contributed by atoms with Crippen LogP contribution in [0.5, 0.6) is 0 Å². The number of carbonyl (C=O) groups excluding carboxylic acids is 1. The van der Waals surface area contributed by atoms with Gasteiger partial charge in [0.15, 0.2) is 0 Å². The summed E-state index contributed by atoms with van der Waals surface area (Å²) < 4.78 is 31.8. The number of esters is 1. The van der Waals surface area contributed by atoms with Gasteiger partial charge >= 0.3 is 5.97 Å². The molecular formula is C11H14BrClN2O4S2. The first-order valence-electron chi connectivity index (χ1n) is 6.08. The van der Waals surface area contributed by atoms with Crippen molar-refractivity contribution in [3.8, 4) is 0 Å². The molecule has 0 atom stereocenters. The lowest BCUT2D eigenvalue weighted by Crippen LogP contribution is -2.49. The molecule has 0 aliphatic carbocycles. The lowest BCUT2D eigenvalue weighted by molar-refractivity contribution is -0.142. The molecule has 2 heterocycles. The summed E-state index contributed by atoms with van der Waals surface area (Å²) in [5.74, 6) is -0.319. The number of methoxy groups -OCH3 is 1. The molecule has 0 aromatic carbocycles. The molecule has 1 aromatic rings. The van der Waals surface area contributed by atoms with Crippen molar-refractivity contribution in [3.63, 3.8) is 0 Å². The molecule has 0 saturated carbocycles. The number of ether oxygens (including phenoxy) is 1. The summed E-state index contributed by atoms with van der Waals surface area (Å²) in [4.78, 5) is 13.1. The van der Waals surface area contributed by atoms with E-state index < -0.39 is 10.0 Å². The standard InChI is InChI=1S/C11H14BrClN2O4S2/c1-19-9(16)7-14-2-4-15(5-3-14)21(17,18)10-6-8(13)11(12)20-10/h6H,2-5,7H2,1H3. The molecule has 0 amide bonds. The number of carbonyl (C=O) groups is 1. The van der Waals surface area contributed by atoms with Crippen LogP contribution in [0, 0.1) is 0 Å². The predicted octanol–water partition coefficient (Wildman–Crippen LogP) is 1.64. The third-order valence-electron chi connectivity index (χ3n) is 3.13. The molecule has 2 rings (SSSR count). The molecule has 0 unspecified atom stereocenters. The van der Waals surface area contributed by atoms with Gasteiger partial charge in [0.25, 0.3) is 10.0 Å². The van der Waals surface area contributed by atoms with Crippen molar-refractivity contribution in [2.45, 2.75) is 4.21 Å². The topological polar surface area (TPSA) is 66.9 Å². The first kappa shape index (κ1) is 17.2. The largest absolute Gasteiger partial charge is 0.468 e. The number of sulfonamides is 1. The Morgan fingerprint density at radius 1 is 1.43 bits per heavy atom. The van der Waals surface area contributed by atoms with Crippen molar-refractivity contribution in [3.05, 3.63) is 14.9 Å². The van der Waals surface area contributed by atoms with Gasteiger partial charge in [-0.05, 0) is 22.0 Å². The Labute approximate surface area is 140 Å². The molecule has 1 aromatic heterocycles. The lowest BCUT2D eigenvalue weighted by atomic mass is 10.3. The summed E-state index contributed by atoms with van der Waals surface area (Å²) in [6, 6.07) is 1.45. The van der Waals surface area contributed by atoms with E-state index in [-0.39, 0.29) is 16.7 Å². The smallest absolute Gasteiger partial charge is 0.319 e. The van der Waals surface area contributed by atoms with Crippen LogP contribution in [0.2, 0.25) is 5.02 Å². The maximum atomic E-state index is 12.5. The fourth-order valence-corrected chi connectivity index (χ4v) is 5.93. The second-order valence-electron chi connectivity index (χ2n) is 4.44. The third kappa shape index (κ3) is 3.96. The number of halogens is 2. The Morgan fingerprint density at radius 2 is 2.05 bits per heavy atom. The van der Waals surface area contributed by atoms with Gasteiger partial charge in [-0.3, -0.25) is 9.69 Å². The Morgan fingerprint density at radius 3 is 2.52 bits per heavy atom. The van der Waals surface area contributed by atoms with E-state index in [2.05, 4.69) is 20.7 Å². The highest BCUT2D eigenvalue weighted by Gasteiger charge is 2.30. The molecule has 6 nitrogen and oxygen atoms in total. The number of hydrogen-bond donors (Lipinski definition) is 0. The zero-order chi connectivity index (χ0) is 15.6. The molecule has 0 N–H and O–H groups in total. The highest BCUT2D eigenvalue weighted by atomic mass is 79.9. The molecule has 1 fully saturated rings. The summed E-state index contributed by atoms with van der Waals surface area (Å²) in [7, 11) is -2.19. The molecule has 10 heteroatoms. The highest BCUT2D eigenvalue weighted by Crippen LogP contribution is 2.36. The number of thiophene rings is 1. The van der Waals surface area contributed by atoms with Crippen LogP contribution in [0.3, 0.4) is 0 Å². The summed E-state index contributed by atoms with van der Waals surface area (Å²) in [5, 5.41) is 0.392. The average molecular weight is 418 g/mol. The van der Waals surface area contributed by atoms with Gasteiger partial charge in [0.1, 0.15) is 4.21 Å². The molecule has 1 aliphatic rings. The molecule has 21 heavy (non-hydrogen) atoms.